The molecule has 4 heterocycles. The van der Waals surface area contributed by atoms with Crippen molar-refractivity contribution in [3.8, 4) is 5.75 Å². The van der Waals surface area contributed by atoms with E-state index in [1.165, 1.54) is 0 Å². The van der Waals surface area contributed by atoms with Gasteiger partial charge in [-0.25, -0.2) is 14.6 Å². The van der Waals surface area contributed by atoms with Crippen molar-refractivity contribution >= 4 is 34.5 Å². The quantitative estimate of drug-likeness (QED) is 0.318. The maximum atomic E-state index is 13.2. The maximum Gasteiger partial charge on any atom is 0.257 e. The number of carbonyl (C=O) groups is 1. The molecule has 0 unspecified atom stereocenters. The number of aryl methyl sites for hydroxylation is 1. The zero-order valence-electron chi connectivity index (χ0n) is 22.1. The van der Waals surface area contributed by atoms with E-state index in [-0.39, 0.29) is 45.8 Å². The second kappa shape index (κ2) is 9.93. The molecule has 0 saturated carbocycles. The molecule has 5 rings (SSSR count). The third-order valence-corrected chi connectivity index (χ3v) is 6.62. The molecule has 0 bridgehead atoms. The first kappa shape index (κ1) is 25.5. The van der Waals surface area contributed by atoms with Gasteiger partial charge in [0.05, 0.1) is 17.3 Å². The Morgan fingerprint density at radius 1 is 1.03 bits per heavy atom. The minimum absolute atomic E-state index is 0.170. The Balaban J connectivity index is 1.49. The zero-order valence-corrected chi connectivity index (χ0v) is 22.1. The number of nitrogens with zero attached hydrogens (tertiary/aromatic N) is 6. The van der Waals surface area contributed by atoms with Crippen LogP contribution in [0, 0.1) is 12.3 Å². The predicted octanol–water partition coefficient (Wildman–Crippen LogP) is 3.95. The van der Waals surface area contributed by atoms with Crippen LogP contribution in [0.25, 0.3) is 11.3 Å². The molecule has 200 valence electrons. The summed E-state index contributed by atoms with van der Waals surface area (Å²) in [4.78, 5) is 26.2. The number of anilines is 3. The summed E-state index contributed by atoms with van der Waals surface area (Å²) in [6.07, 6.45) is 0. The summed E-state index contributed by atoms with van der Waals surface area (Å²) in [5, 5.41) is 25.3. The minimum Gasteiger partial charge on any atom is -0.505 e. The molecule has 1 saturated heterocycles. The Kier molecular flexibility index (Phi) is 6.66. The Labute approximate surface area is 220 Å². The van der Waals surface area contributed by atoms with Crippen LogP contribution in [-0.2, 0) is 0 Å². The molecule has 12 nitrogen and oxygen atoms in total. The Morgan fingerprint density at radius 3 is 2.34 bits per heavy atom. The molecule has 1 aliphatic heterocycles. The van der Waals surface area contributed by atoms with Gasteiger partial charge in [0.25, 0.3) is 5.91 Å². The van der Waals surface area contributed by atoms with Gasteiger partial charge in [-0.15, -0.1) is 0 Å². The summed E-state index contributed by atoms with van der Waals surface area (Å²) in [5.41, 5.74) is 0.675. The average molecular weight is 521 g/mol. The summed E-state index contributed by atoms with van der Waals surface area (Å²) < 4.78 is 10.8. The van der Waals surface area contributed by atoms with Gasteiger partial charge in [-0.1, -0.05) is 26.8 Å². The summed E-state index contributed by atoms with van der Waals surface area (Å²) >= 11 is 0. The van der Waals surface area contributed by atoms with E-state index in [0.717, 1.165) is 24.6 Å². The number of aromatic hydroxyl groups is 1. The number of furan rings is 1. The van der Waals surface area contributed by atoms with Crippen molar-refractivity contribution in [2.24, 2.45) is 5.41 Å². The first-order chi connectivity index (χ1) is 18.1. The van der Waals surface area contributed by atoms with Crippen LogP contribution in [0.1, 0.15) is 48.7 Å². The molecule has 4 aromatic rings. The first-order valence-electron chi connectivity index (χ1n) is 12.5. The van der Waals surface area contributed by atoms with Gasteiger partial charge in [-0.05, 0) is 54.0 Å². The fraction of sp³-hybridized carbons (Fsp3) is 0.423. The number of rotatable bonds is 6. The van der Waals surface area contributed by atoms with Crippen molar-refractivity contribution < 1.29 is 18.9 Å². The molecule has 0 spiro atoms. The van der Waals surface area contributed by atoms with Crippen molar-refractivity contribution in [3.63, 3.8) is 0 Å². The molecular formula is C26H32N8O4. The van der Waals surface area contributed by atoms with Gasteiger partial charge in [-0.2, -0.15) is 0 Å². The number of nitrogens with one attached hydrogen (secondary N) is 2. The number of phenolic OH excluding ortho intramolecular Hbond substituents is 1. The van der Waals surface area contributed by atoms with Gasteiger partial charge >= 0.3 is 0 Å². The minimum atomic E-state index is -0.276. The molecule has 3 aromatic heterocycles. The van der Waals surface area contributed by atoms with Gasteiger partial charge in [0.15, 0.2) is 17.4 Å². The molecular weight excluding hydrogens is 488 g/mol. The average Bonchev–Trinajstić information content (AvgIpc) is 3.51. The standard InChI is InChI=1S/C26H32N8O4/c1-15-9-10-18(37-15)20(26(2,3)4)28-22-21(29-23-24(30-22)32-38-31-23)27-17-8-6-7-16(19(17)35)25(36)34-13-11-33(5)12-14-34/h6-10,20,35H,11-14H2,1-5H3,(H,27,29,31)(H,28,30,32)/t20-/m0/s1. The highest BCUT2D eigenvalue weighted by Gasteiger charge is 2.31. The molecule has 1 atom stereocenters. The Morgan fingerprint density at radius 2 is 1.71 bits per heavy atom. The topological polar surface area (TPSA) is 146 Å². The summed E-state index contributed by atoms with van der Waals surface area (Å²) in [5.74, 6) is 1.78. The summed E-state index contributed by atoms with van der Waals surface area (Å²) in [6, 6.07) is 8.56. The number of piperazine rings is 1. The van der Waals surface area contributed by atoms with E-state index in [1.54, 1.807) is 23.1 Å². The molecule has 1 fully saturated rings. The SMILES string of the molecule is Cc1ccc([C@H](Nc2nc3nonc3nc2Nc2cccc(C(=O)N3CCN(C)CC3)c2O)C(C)(C)C)o1. The third kappa shape index (κ3) is 5.12. The van der Waals surface area contributed by atoms with Crippen molar-refractivity contribution in [1.29, 1.82) is 0 Å². The van der Waals surface area contributed by atoms with Crippen molar-refractivity contribution in [3.05, 3.63) is 47.4 Å². The number of carbonyl (C=O) groups excluding carboxylic acids is 1. The highest BCUT2D eigenvalue weighted by atomic mass is 16.6. The molecule has 1 amide bonds. The van der Waals surface area contributed by atoms with E-state index in [9.17, 15) is 9.90 Å². The lowest BCUT2D eigenvalue weighted by Crippen LogP contribution is -2.47. The zero-order chi connectivity index (χ0) is 27.0. The molecule has 1 aromatic carbocycles. The molecule has 3 N–H and O–H groups in total. The van der Waals surface area contributed by atoms with E-state index in [1.807, 2.05) is 26.1 Å². The van der Waals surface area contributed by atoms with Gasteiger partial charge in [0.2, 0.25) is 11.3 Å². The number of para-hydroxylation sites is 1. The van der Waals surface area contributed by atoms with Crippen molar-refractivity contribution in [1.82, 2.24) is 30.1 Å². The number of benzene rings is 1. The van der Waals surface area contributed by atoms with Crippen molar-refractivity contribution in [2.75, 3.05) is 43.9 Å². The Bertz CT molecular complexity index is 1450. The van der Waals surface area contributed by atoms with Crippen LogP contribution >= 0.6 is 0 Å². The van der Waals surface area contributed by atoms with Crippen LogP contribution in [0.3, 0.4) is 0 Å². The first-order valence-corrected chi connectivity index (χ1v) is 12.5. The lowest BCUT2D eigenvalue weighted by molar-refractivity contribution is 0.0661. The Hall–Kier alpha value is -4.19. The summed E-state index contributed by atoms with van der Waals surface area (Å²) in [6.45, 7) is 10.9. The van der Waals surface area contributed by atoms with Crippen LogP contribution in [0.5, 0.6) is 5.75 Å². The number of amides is 1. The largest absolute Gasteiger partial charge is 0.505 e. The molecule has 0 radical (unpaired) electrons. The second-order valence-corrected chi connectivity index (χ2v) is 10.6. The highest BCUT2D eigenvalue weighted by molar-refractivity contribution is 5.99. The van der Waals surface area contributed by atoms with Crippen LogP contribution in [0.15, 0.2) is 39.4 Å². The van der Waals surface area contributed by atoms with E-state index < -0.39 is 0 Å². The third-order valence-electron chi connectivity index (χ3n) is 6.62. The number of aromatic nitrogens is 4. The van der Waals surface area contributed by atoms with Gasteiger partial charge in [-0.3, -0.25) is 4.79 Å². The molecule has 0 aliphatic carbocycles. The fourth-order valence-corrected chi connectivity index (χ4v) is 4.41. The van der Waals surface area contributed by atoms with E-state index in [0.29, 0.717) is 24.6 Å². The fourth-order valence-electron chi connectivity index (χ4n) is 4.41. The number of hydrogen-bond donors (Lipinski definition) is 3. The van der Waals surface area contributed by atoms with E-state index >= 15 is 0 Å². The van der Waals surface area contributed by atoms with Crippen LogP contribution in [0.2, 0.25) is 0 Å². The number of phenols is 1. The lowest BCUT2D eigenvalue weighted by Gasteiger charge is -2.32. The normalized spacial score (nSPS) is 15.6. The van der Waals surface area contributed by atoms with E-state index in [2.05, 4.69) is 56.6 Å². The van der Waals surface area contributed by atoms with Crippen LogP contribution in [-0.4, -0.2) is 74.3 Å². The molecule has 1 aliphatic rings. The van der Waals surface area contributed by atoms with Crippen LogP contribution in [0.4, 0.5) is 17.3 Å². The number of fused-ring (bicyclic) bond motifs is 1. The lowest BCUT2D eigenvalue weighted by atomic mass is 9.85. The monoisotopic (exact) mass is 520 g/mol. The van der Waals surface area contributed by atoms with E-state index in [4.69, 9.17) is 9.05 Å². The van der Waals surface area contributed by atoms with Crippen molar-refractivity contribution in [2.45, 2.75) is 33.7 Å². The maximum absolute atomic E-state index is 13.2. The summed E-state index contributed by atoms with van der Waals surface area (Å²) in [7, 11) is 2.02. The molecule has 12 heteroatoms. The van der Waals surface area contributed by atoms with Gasteiger partial charge in [0, 0.05) is 26.2 Å². The predicted molar refractivity (Wildman–Crippen MR) is 141 cm³/mol. The second-order valence-electron chi connectivity index (χ2n) is 10.6. The molecule has 38 heavy (non-hydrogen) atoms. The number of likely N-dealkylation sites (N-methyl/N-ethyl adjacent to an activating group) is 1. The van der Waals surface area contributed by atoms with Gasteiger partial charge in [0.1, 0.15) is 11.5 Å². The smallest absolute Gasteiger partial charge is 0.257 e. The number of hydrogen-bond acceptors (Lipinski definition) is 11. The van der Waals surface area contributed by atoms with Gasteiger partial charge < -0.3 is 30.0 Å². The van der Waals surface area contributed by atoms with Crippen LogP contribution < -0.4 is 10.6 Å². The highest BCUT2D eigenvalue weighted by Crippen LogP contribution is 2.39.